The van der Waals surface area contributed by atoms with Gasteiger partial charge in [-0.2, -0.15) is 0 Å². The minimum Gasteiger partial charge on any atom is -0.504 e. The van der Waals surface area contributed by atoms with Crippen molar-refractivity contribution in [1.82, 2.24) is 4.90 Å². The first-order chi connectivity index (χ1) is 24.2. The summed E-state index contributed by atoms with van der Waals surface area (Å²) < 4.78 is 33.4. The highest BCUT2D eigenvalue weighted by Gasteiger charge is 2.50. The van der Waals surface area contributed by atoms with Crippen LogP contribution in [0.5, 0.6) is 11.5 Å². The average Bonchev–Trinajstić information content (AvgIpc) is 3.11. The molecular formula is C33H45NO17. The fourth-order valence-electron chi connectivity index (χ4n) is 7.01. The number of esters is 1. The molecule has 2 fully saturated rings. The second-order valence-electron chi connectivity index (χ2n) is 12.9. The van der Waals surface area contributed by atoms with E-state index in [1.807, 2.05) is 0 Å². The SMILES string of the molecule is C=C[C@@H]1[C@H](O[C@@H]2O[C@H](CO[C@H]3O[C@H](CO)[C@@H](O)[C@H](O)[C@H]3O)[C@@H](O)[C@H](O)[C@H]2O)OC=C(C(=O)OC)[C@H]1C[C@@H]1c2cc(O)c(O)cc2CCN1C(C)=O. The van der Waals surface area contributed by atoms with Crippen LogP contribution in [0, 0.1) is 11.8 Å². The van der Waals surface area contributed by atoms with Crippen LogP contribution in [0.3, 0.4) is 0 Å². The molecular weight excluding hydrogens is 682 g/mol. The molecule has 1 amide bonds. The number of aromatic hydroxyl groups is 2. The molecule has 0 saturated carbocycles. The summed E-state index contributed by atoms with van der Waals surface area (Å²) in [5.74, 6) is -3.45. The topological polar surface area (TPSA) is 275 Å². The normalized spacial score (nSPS) is 38.2. The highest BCUT2D eigenvalue weighted by Crippen LogP contribution is 2.45. The molecule has 51 heavy (non-hydrogen) atoms. The number of ether oxygens (including phenoxy) is 6. The van der Waals surface area contributed by atoms with Gasteiger partial charge in [0.05, 0.1) is 38.2 Å². The van der Waals surface area contributed by atoms with E-state index in [1.54, 1.807) is 4.90 Å². The Morgan fingerprint density at radius 2 is 1.55 bits per heavy atom. The molecule has 0 spiro atoms. The number of rotatable bonds is 10. The van der Waals surface area contributed by atoms with Crippen LogP contribution in [0.4, 0.5) is 0 Å². The number of benzene rings is 1. The molecule has 4 aliphatic heterocycles. The molecule has 18 nitrogen and oxygen atoms in total. The second-order valence-corrected chi connectivity index (χ2v) is 12.9. The number of hydrogen-bond donors (Lipinski definition) is 9. The molecule has 1 aromatic carbocycles. The molecule has 0 aliphatic carbocycles. The summed E-state index contributed by atoms with van der Waals surface area (Å²) in [4.78, 5) is 27.4. The lowest BCUT2D eigenvalue weighted by Gasteiger charge is -2.45. The fraction of sp³-hybridized carbons (Fsp3) is 0.636. The zero-order valence-electron chi connectivity index (χ0n) is 27.9. The van der Waals surface area contributed by atoms with E-state index in [0.29, 0.717) is 17.5 Å². The predicted molar refractivity (Wildman–Crippen MR) is 168 cm³/mol. The number of fused-ring (bicyclic) bond motifs is 1. The molecule has 0 radical (unpaired) electrons. The van der Waals surface area contributed by atoms with E-state index in [0.717, 1.165) is 6.26 Å². The molecule has 14 atom stereocenters. The summed E-state index contributed by atoms with van der Waals surface area (Å²) in [6.07, 6.45) is -14.9. The fourth-order valence-corrected chi connectivity index (χ4v) is 7.01. The molecule has 9 N–H and O–H groups in total. The van der Waals surface area contributed by atoms with Gasteiger partial charge in [0.1, 0.15) is 48.8 Å². The van der Waals surface area contributed by atoms with Crippen LogP contribution in [-0.4, -0.2) is 157 Å². The second kappa shape index (κ2) is 16.1. The van der Waals surface area contributed by atoms with E-state index >= 15 is 0 Å². The number of carbonyl (C=O) groups excluding carboxylic acids is 2. The van der Waals surface area contributed by atoms with Crippen molar-refractivity contribution in [2.45, 2.75) is 93.5 Å². The van der Waals surface area contributed by atoms with E-state index in [-0.39, 0.29) is 30.2 Å². The van der Waals surface area contributed by atoms with Gasteiger partial charge in [-0.05, 0) is 36.1 Å². The highest BCUT2D eigenvalue weighted by atomic mass is 16.8. The zero-order valence-corrected chi connectivity index (χ0v) is 27.9. The zero-order chi connectivity index (χ0) is 37.3. The van der Waals surface area contributed by atoms with Gasteiger partial charge in [-0.1, -0.05) is 6.08 Å². The van der Waals surface area contributed by atoms with Crippen molar-refractivity contribution in [3.63, 3.8) is 0 Å². The van der Waals surface area contributed by atoms with Gasteiger partial charge in [0.15, 0.2) is 24.1 Å². The van der Waals surface area contributed by atoms with E-state index in [4.69, 9.17) is 28.4 Å². The first kappa shape index (κ1) is 38.8. The molecule has 0 bridgehead atoms. The highest BCUT2D eigenvalue weighted by molar-refractivity contribution is 5.89. The summed E-state index contributed by atoms with van der Waals surface area (Å²) in [7, 11) is 1.18. The minimum absolute atomic E-state index is 0.0581. The monoisotopic (exact) mass is 727 g/mol. The number of phenolic OH excluding ortho intramolecular Hbond substituents is 2. The van der Waals surface area contributed by atoms with Crippen molar-refractivity contribution in [2.75, 3.05) is 26.9 Å². The number of aliphatic hydroxyl groups excluding tert-OH is 7. The minimum atomic E-state index is -1.85. The lowest BCUT2D eigenvalue weighted by Crippen LogP contribution is -2.62. The van der Waals surface area contributed by atoms with Gasteiger partial charge in [-0.3, -0.25) is 4.79 Å². The van der Waals surface area contributed by atoms with Crippen molar-refractivity contribution in [3.8, 4) is 11.5 Å². The smallest absolute Gasteiger partial charge is 0.337 e. The quantitative estimate of drug-likeness (QED) is 0.0679. The van der Waals surface area contributed by atoms with Crippen LogP contribution in [0.25, 0.3) is 0 Å². The number of aliphatic hydroxyl groups is 7. The Kier molecular flexibility index (Phi) is 12.2. The van der Waals surface area contributed by atoms with Gasteiger partial charge in [0.25, 0.3) is 0 Å². The van der Waals surface area contributed by atoms with E-state index in [9.17, 15) is 55.5 Å². The number of hydrogen-bond acceptors (Lipinski definition) is 17. The Labute approximate surface area is 292 Å². The Balaban J connectivity index is 1.37. The first-order valence-corrected chi connectivity index (χ1v) is 16.4. The largest absolute Gasteiger partial charge is 0.504 e. The molecule has 18 heteroatoms. The van der Waals surface area contributed by atoms with Crippen LogP contribution < -0.4 is 0 Å². The number of amides is 1. The van der Waals surface area contributed by atoms with E-state index < -0.39 is 111 Å². The molecule has 2 saturated heterocycles. The Hall–Kier alpha value is -3.40. The Morgan fingerprint density at radius 1 is 0.922 bits per heavy atom. The van der Waals surface area contributed by atoms with E-state index in [1.165, 1.54) is 32.2 Å². The molecule has 4 heterocycles. The molecule has 0 aromatic heterocycles. The number of phenols is 2. The lowest BCUT2D eigenvalue weighted by atomic mass is 9.76. The van der Waals surface area contributed by atoms with Crippen molar-refractivity contribution in [3.05, 3.63) is 47.7 Å². The van der Waals surface area contributed by atoms with Crippen LogP contribution in [-0.2, 0) is 44.4 Å². The Morgan fingerprint density at radius 3 is 2.18 bits per heavy atom. The summed E-state index contributed by atoms with van der Waals surface area (Å²) in [5.41, 5.74) is 1.30. The summed E-state index contributed by atoms with van der Waals surface area (Å²) >= 11 is 0. The number of nitrogens with zero attached hydrogens (tertiary/aromatic N) is 1. The van der Waals surface area contributed by atoms with Crippen molar-refractivity contribution in [2.24, 2.45) is 11.8 Å². The van der Waals surface area contributed by atoms with E-state index in [2.05, 4.69) is 6.58 Å². The van der Waals surface area contributed by atoms with Crippen LogP contribution >= 0.6 is 0 Å². The van der Waals surface area contributed by atoms with Crippen molar-refractivity contribution >= 4 is 11.9 Å². The first-order valence-electron chi connectivity index (χ1n) is 16.4. The van der Waals surface area contributed by atoms with Crippen molar-refractivity contribution < 1.29 is 84.0 Å². The number of carbonyl (C=O) groups is 2. The van der Waals surface area contributed by atoms with Crippen LogP contribution in [0.15, 0.2) is 36.6 Å². The third-order valence-electron chi connectivity index (χ3n) is 9.89. The summed E-state index contributed by atoms with van der Waals surface area (Å²) in [5, 5.41) is 92.6. The molecule has 1 aromatic rings. The van der Waals surface area contributed by atoms with Gasteiger partial charge in [0, 0.05) is 25.3 Å². The molecule has 0 unspecified atom stereocenters. The molecule has 5 rings (SSSR count). The summed E-state index contributed by atoms with van der Waals surface area (Å²) in [6, 6.07) is 2.09. The maximum absolute atomic E-state index is 13.0. The van der Waals surface area contributed by atoms with Gasteiger partial charge in [-0.25, -0.2) is 4.79 Å². The predicted octanol–water partition coefficient (Wildman–Crippen LogP) is -2.59. The lowest BCUT2D eigenvalue weighted by molar-refractivity contribution is -0.352. The van der Waals surface area contributed by atoms with Gasteiger partial charge >= 0.3 is 5.97 Å². The third kappa shape index (κ3) is 7.72. The molecule has 4 aliphatic rings. The van der Waals surface area contributed by atoms with Gasteiger partial charge in [-0.15, -0.1) is 6.58 Å². The average molecular weight is 728 g/mol. The maximum Gasteiger partial charge on any atom is 0.337 e. The van der Waals surface area contributed by atoms with Crippen molar-refractivity contribution in [1.29, 1.82) is 0 Å². The number of methoxy groups -OCH3 is 1. The van der Waals surface area contributed by atoms with Gasteiger partial charge in [0.2, 0.25) is 12.2 Å². The molecule has 284 valence electrons. The Bertz CT molecular complexity index is 1450. The van der Waals surface area contributed by atoms with Crippen LogP contribution in [0.2, 0.25) is 0 Å². The maximum atomic E-state index is 13.0. The summed E-state index contributed by atoms with van der Waals surface area (Å²) in [6.45, 7) is 4.25. The van der Waals surface area contributed by atoms with Gasteiger partial charge < -0.3 is 79.3 Å². The third-order valence-corrected chi connectivity index (χ3v) is 9.89. The van der Waals surface area contributed by atoms with Crippen LogP contribution in [0.1, 0.15) is 30.5 Å². The standard InChI is InChI=1S/C33H45NO17/c1-4-15-17(8-19-16-9-21(38)20(37)7-14(16)5-6-34(19)13(2)36)18(30(45)46-3)11-47-31(15)51-33-29(44)27(42)25(40)23(50-33)12-48-32-28(43)26(41)24(39)22(10-35)49-32/h4,7,9,11,15,17,19,22-29,31-33,35,37-44H,1,5-6,8,10,12H2,2-3H3/t15-,17-,19+,22+,23+,24+,25+,26-,27-,28+,29+,31-,32-,33-/m0/s1.